The lowest BCUT2D eigenvalue weighted by molar-refractivity contribution is 0.954. The fourth-order valence-electron chi connectivity index (χ4n) is 1.55. The van der Waals surface area contributed by atoms with E-state index in [0.717, 1.165) is 36.6 Å². The first-order valence-corrected chi connectivity index (χ1v) is 9.97. The van der Waals surface area contributed by atoms with Crippen LogP contribution in [-0.2, 0) is 5.75 Å². The van der Waals surface area contributed by atoms with E-state index >= 15 is 0 Å². The van der Waals surface area contributed by atoms with Gasteiger partial charge in [-0.15, -0.1) is 21.5 Å². The van der Waals surface area contributed by atoms with E-state index in [-0.39, 0.29) is 0 Å². The molecule has 3 heterocycles. The number of thiazole rings is 1. The molecule has 0 saturated carbocycles. The average Bonchev–Trinajstić information content (AvgIpc) is 3.16. The first-order chi connectivity index (χ1) is 10.3. The highest BCUT2D eigenvalue weighted by Gasteiger charge is 2.08. The van der Waals surface area contributed by atoms with Gasteiger partial charge in [0.25, 0.3) is 0 Å². The van der Waals surface area contributed by atoms with Crippen LogP contribution in [0.3, 0.4) is 0 Å². The molecule has 0 aliphatic heterocycles. The Kier molecular flexibility index (Phi) is 5.23. The molecule has 3 aromatic heterocycles. The van der Waals surface area contributed by atoms with Crippen molar-refractivity contribution in [1.29, 1.82) is 0 Å². The quantitative estimate of drug-likeness (QED) is 0.611. The van der Waals surface area contributed by atoms with Crippen molar-refractivity contribution < 1.29 is 0 Å². The van der Waals surface area contributed by atoms with Crippen molar-refractivity contribution in [3.8, 4) is 10.7 Å². The Morgan fingerprint density at radius 1 is 1.14 bits per heavy atom. The van der Waals surface area contributed by atoms with Crippen molar-refractivity contribution in [2.45, 2.75) is 21.4 Å². The van der Waals surface area contributed by atoms with E-state index in [1.165, 1.54) is 0 Å². The summed E-state index contributed by atoms with van der Waals surface area (Å²) in [5, 5.41) is 11.4. The Bertz CT molecular complexity index is 695. The molecule has 0 aromatic carbocycles. The third kappa shape index (κ3) is 4.03. The first kappa shape index (κ1) is 15.0. The monoisotopic (exact) mass is 352 g/mol. The minimum absolute atomic E-state index is 0.814. The molecule has 0 atom stereocenters. The summed E-state index contributed by atoms with van der Waals surface area (Å²) in [5.41, 5.74) is 1.99. The minimum atomic E-state index is 0.814. The Hall–Kier alpha value is -0.960. The van der Waals surface area contributed by atoms with Gasteiger partial charge in [-0.3, -0.25) is 4.98 Å². The fourth-order valence-corrected chi connectivity index (χ4v) is 5.26. The number of hydrogen-bond donors (Lipinski definition) is 0. The van der Waals surface area contributed by atoms with Gasteiger partial charge in [0.15, 0.2) is 8.68 Å². The lowest BCUT2D eigenvalue weighted by atomic mass is 10.4. The van der Waals surface area contributed by atoms with Crippen molar-refractivity contribution in [3.63, 3.8) is 0 Å². The van der Waals surface area contributed by atoms with Crippen LogP contribution in [-0.4, -0.2) is 25.9 Å². The highest BCUT2D eigenvalue weighted by Crippen LogP contribution is 2.31. The summed E-state index contributed by atoms with van der Waals surface area (Å²) >= 11 is 6.69. The standard InChI is InChI=1S/C13H12N4S4/c1-2-18-12-16-17-13(21-12)20-8-9-7-19-11(15-9)10-5-3-4-6-14-10/h3-7H,2,8H2,1H3. The number of aromatic nitrogens is 4. The average molecular weight is 353 g/mol. The summed E-state index contributed by atoms with van der Waals surface area (Å²) in [6, 6.07) is 5.87. The molecule has 21 heavy (non-hydrogen) atoms. The molecule has 8 heteroatoms. The molecule has 0 aliphatic rings. The molecule has 0 radical (unpaired) electrons. The lowest BCUT2D eigenvalue weighted by Crippen LogP contribution is -1.83. The van der Waals surface area contributed by atoms with E-state index in [4.69, 9.17) is 0 Å². The molecule has 0 amide bonds. The number of pyridine rings is 1. The van der Waals surface area contributed by atoms with Crippen LogP contribution in [0.5, 0.6) is 0 Å². The summed E-state index contributed by atoms with van der Waals surface area (Å²) in [6.07, 6.45) is 1.79. The van der Waals surface area contributed by atoms with Crippen LogP contribution in [0.1, 0.15) is 12.6 Å². The molecule has 0 fully saturated rings. The van der Waals surface area contributed by atoms with Gasteiger partial charge >= 0.3 is 0 Å². The zero-order valence-corrected chi connectivity index (χ0v) is 14.5. The highest BCUT2D eigenvalue weighted by atomic mass is 32.2. The molecular formula is C13H12N4S4. The van der Waals surface area contributed by atoms with Crippen molar-refractivity contribution in [1.82, 2.24) is 20.2 Å². The van der Waals surface area contributed by atoms with Crippen molar-refractivity contribution in [2.75, 3.05) is 5.75 Å². The van der Waals surface area contributed by atoms with E-state index < -0.39 is 0 Å². The van der Waals surface area contributed by atoms with E-state index in [2.05, 4.69) is 32.5 Å². The zero-order chi connectivity index (χ0) is 14.5. The molecule has 0 bridgehead atoms. The van der Waals surface area contributed by atoms with Gasteiger partial charge in [-0.25, -0.2) is 4.98 Å². The highest BCUT2D eigenvalue weighted by molar-refractivity contribution is 8.02. The van der Waals surface area contributed by atoms with Crippen LogP contribution in [0.4, 0.5) is 0 Å². The van der Waals surface area contributed by atoms with E-state index in [1.54, 1.807) is 52.4 Å². The van der Waals surface area contributed by atoms with E-state index in [1.807, 2.05) is 18.2 Å². The van der Waals surface area contributed by atoms with Gasteiger partial charge in [0.2, 0.25) is 0 Å². The molecule has 0 N–H and O–H groups in total. The second-order valence-corrected chi connectivity index (χ2v) is 8.48. The van der Waals surface area contributed by atoms with Gasteiger partial charge in [0.05, 0.1) is 11.4 Å². The molecule has 0 aliphatic carbocycles. The number of hydrogen-bond acceptors (Lipinski definition) is 8. The van der Waals surface area contributed by atoms with Crippen molar-refractivity contribution >= 4 is 46.2 Å². The second-order valence-electron chi connectivity index (χ2n) is 3.91. The van der Waals surface area contributed by atoms with Gasteiger partial charge in [0, 0.05) is 17.3 Å². The molecule has 0 spiro atoms. The van der Waals surface area contributed by atoms with Crippen LogP contribution in [0.15, 0.2) is 38.5 Å². The largest absolute Gasteiger partial charge is 0.254 e. The normalized spacial score (nSPS) is 10.9. The van der Waals surface area contributed by atoms with Crippen LogP contribution in [0, 0.1) is 0 Å². The summed E-state index contributed by atoms with van der Waals surface area (Å²) in [6.45, 7) is 2.12. The minimum Gasteiger partial charge on any atom is -0.254 e. The Labute approximate surface area is 139 Å². The second kappa shape index (κ2) is 7.35. The van der Waals surface area contributed by atoms with E-state index in [9.17, 15) is 0 Å². The first-order valence-electron chi connectivity index (χ1n) is 6.30. The Morgan fingerprint density at radius 2 is 2.00 bits per heavy atom. The maximum Gasteiger partial charge on any atom is 0.175 e. The lowest BCUT2D eigenvalue weighted by Gasteiger charge is -1.94. The van der Waals surface area contributed by atoms with Crippen molar-refractivity contribution in [2.24, 2.45) is 0 Å². The summed E-state index contributed by atoms with van der Waals surface area (Å²) in [7, 11) is 0. The van der Waals surface area contributed by atoms with Gasteiger partial charge in [0.1, 0.15) is 5.01 Å². The third-order valence-electron chi connectivity index (χ3n) is 2.44. The van der Waals surface area contributed by atoms with Crippen LogP contribution < -0.4 is 0 Å². The number of thioether (sulfide) groups is 2. The summed E-state index contributed by atoms with van der Waals surface area (Å²) in [5.74, 6) is 1.84. The molecular weight excluding hydrogens is 340 g/mol. The summed E-state index contributed by atoms with van der Waals surface area (Å²) < 4.78 is 2.03. The fraction of sp³-hybridized carbons (Fsp3) is 0.231. The molecule has 4 nitrogen and oxygen atoms in total. The SMILES string of the molecule is CCSc1nnc(SCc2csc(-c3ccccn3)n2)s1. The zero-order valence-electron chi connectivity index (χ0n) is 11.2. The maximum atomic E-state index is 4.63. The predicted octanol–water partition coefficient (Wildman–Crippen LogP) is 4.46. The smallest absolute Gasteiger partial charge is 0.175 e. The topological polar surface area (TPSA) is 51.6 Å². The third-order valence-corrected chi connectivity index (χ3v) is 6.45. The summed E-state index contributed by atoms with van der Waals surface area (Å²) in [4.78, 5) is 8.95. The van der Waals surface area contributed by atoms with Crippen LogP contribution in [0.2, 0.25) is 0 Å². The molecule has 3 aromatic rings. The van der Waals surface area contributed by atoms with Crippen LogP contribution in [0.25, 0.3) is 10.7 Å². The van der Waals surface area contributed by atoms with Crippen LogP contribution >= 0.6 is 46.2 Å². The molecule has 0 unspecified atom stereocenters. The van der Waals surface area contributed by atoms with Gasteiger partial charge in [-0.2, -0.15) is 0 Å². The Balaban J connectivity index is 1.62. The number of nitrogens with zero attached hydrogens (tertiary/aromatic N) is 4. The molecule has 3 rings (SSSR count). The molecule has 108 valence electrons. The molecule has 0 saturated heterocycles. The van der Waals surface area contributed by atoms with Gasteiger partial charge in [-0.05, 0) is 17.9 Å². The maximum absolute atomic E-state index is 4.63. The Morgan fingerprint density at radius 3 is 2.76 bits per heavy atom. The van der Waals surface area contributed by atoms with Gasteiger partial charge < -0.3 is 0 Å². The predicted molar refractivity (Wildman–Crippen MR) is 91.2 cm³/mol. The number of rotatable bonds is 6. The van der Waals surface area contributed by atoms with Gasteiger partial charge in [-0.1, -0.05) is 47.9 Å². The van der Waals surface area contributed by atoms with E-state index in [0.29, 0.717) is 0 Å². The van der Waals surface area contributed by atoms with Crippen molar-refractivity contribution in [3.05, 3.63) is 35.5 Å².